The van der Waals surface area contributed by atoms with Crippen LogP contribution in [-0.2, 0) is 14.3 Å². The normalized spacial score (nSPS) is 18.5. The molecule has 6 nitrogen and oxygen atoms in total. The van der Waals surface area contributed by atoms with Crippen LogP contribution in [-0.4, -0.2) is 36.7 Å². The summed E-state index contributed by atoms with van der Waals surface area (Å²) in [6.07, 6.45) is -2.24. The lowest BCUT2D eigenvalue weighted by Crippen LogP contribution is -2.44. The van der Waals surface area contributed by atoms with Crippen molar-refractivity contribution in [2.24, 2.45) is 5.41 Å². The van der Waals surface area contributed by atoms with Crippen LogP contribution in [0.15, 0.2) is 54.6 Å². The van der Waals surface area contributed by atoms with Crippen molar-refractivity contribution in [2.45, 2.75) is 39.4 Å². The number of rotatable bonds is 5. The SMILES string of the molecule is CNc1ccc([C@@H]2O[C@@H](CC(=O)O)C(=O)N(CC(C)(C)C)c3ccc(Cl)cc32)c2ccccc12. The third kappa shape index (κ3) is 4.74. The van der Waals surface area contributed by atoms with Crippen molar-refractivity contribution in [3.8, 4) is 0 Å². The summed E-state index contributed by atoms with van der Waals surface area (Å²) in [6.45, 7) is 6.52. The van der Waals surface area contributed by atoms with Gasteiger partial charge in [-0.15, -0.1) is 0 Å². The molecule has 2 atom stereocenters. The van der Waals surface area contributed by atoms with Crippen molar-refractivity contribution in [3.05, 3.63) is 70.7 Å². The Labute approximate surface area is 204 Å². The lowest BCUT2D eigenvalue weighted by molar-refractivity contribution is -0.147. The third-order valence-corrected chi connectivity index (χ3v) is 6.14. The van der Waals surface area contributed by atoms with Crippen LogP contribution in [0.1, 0.15) is 44.4 Å². The Morgan fingerprint density at radius 3 is 2.44 bits per heavy atom. The summed E-state index contributed by atoms with van der Waals surface area (Å²) in [5.41, 5.74) is 3.01. The van der Waals surface area contributed by atoms with Crippen LogP contribution in [0.4, 0.5) is 11.4 Å². The first-order valence-corrected chi connectivity index (χ1v) is 11.6. The zero-order chi connectivity index (χ0) is 24.6. The molecule has 0 unspecified atom stereocenters. The fourth-order valence-corrected chi connectivity index (χ4v) is 4.69. The van der Waals surface area contributed by atoms with Crippen LogP contribution in [0.5, 0.6) is 0 Å². The molecule has 2 N–H and O–H groups in total. The predicted octanol–water partition coefficient (Wildman–Crippen LogP) is 5.88. The van der Waals surface area contributed by atoms with Gasteiger partial charge in [0.25, 0.3) is 5.91 Å². The Kier molecular flexibility index (Phi) is 6.56. The highest BCUT2D eigenvalue weighted by Crippen LogP contribution is 2.43. The van der Waals surface area contributed by atoms with Crippen molar-refractivity contribution < 1.29 is 19.4 Å². The molecule has 178 valence electrons. The summed E-state index contributed by atoms with van der Waals surface area (Å²) in [5.74, 6) is -1.45. The number of carboxylic acids is 1. The van der Waals surface area contributed by atoms with Gasteiger partial charge in [0.15, 0.2) is 0 Å². The van der Waals surface area contributed by atoms with E-state index in [1.807, 2.05) is 76.3 Å². The van der Waals surface area contributed by atoms with E-state index in [4.69, 9.17) is 16.3 Å². The molecule has 0 saturated heterocycles. The number of fused-ring (bicyclic) bond motifs is 2. The largest absolute Gasteiger partial charge is 0.481 e. The number of benzene rings is 3. The van der Waals surface area contributed by atoms with E-state index in [9.17, 15) is 14.7 Å². The second-order valence-corrected chi connectivity index (χ2v) is 10.2. The van der Waals surface area contributed by atoms with Gasteiger partial charge in [-0.05, 0) is 40.6 Å². The fraction of sp³-hybridized carbons (Fsp3) is 0.333. The van der Waals surface area contributed by atoms with E-state index in [1.54, 1.807) is 11.0 Å². The van der Waals surface area contributed by atoms with E-state index in [2.05, 4.69) is 5.32 Å². The highest BCUT2D eigenvalue weighted by molar-refractivity contribution is 6.30. The van der Waals surface area contributed by atoms with Crippen LogP contribution >= 0.6 is 11.6 Å². The fourth-order valence-electron chi connectivity index (χ4n) is 4.51. The average molecular weight is 481 g/mol. The molecule has 1 amide bonds. The number of carboxylic acid groups (broad SMARTS) is 1. The first kappa shape index (κ1) is 24.0. The standard InChI is InChI=1S/C27H29ClN2O4/c1-27(2,3)15-30-22-12-9-16(28)13-20(22)25(34-23(26(30)33)14-24(31)32)19-10-11-21(29-4)18-8-6-5-7-17(18)19/h5-13,23,25,29H,14-15H2,1-4H3,(H,31,32)/t23-,25-/m0/s1. The molecule has 1 aliphatic rings. The second-order valence-electron chi connectivity index (χ2n) is 9.79. The summed E-state index contributed by atoms with van der Waals surface area (Å²) in [6, 6.07) is 17.3. The molecule has 0 bridgehead atoms. The summed E-state index contributed by atoms with van der Waals surface area (Å²) in [7, 11) is 1.87. The Bertz CT molecular complexity index is 1250. The average Bonchev–Trinajstić information content (AvgIpc) is 2.87. The molecule has 1 aliphatic heterocycles. The minimum Gasteiger partial charge on any atom is -0.481 e. The molecule has 7 heteroatoms. The first-order chi connectivity index (χ1) is 16.1. The molecule has 4 rings (SSSR count). The van der Waals surface area contributed by atoms with Gasteiger partial charge in [0.2, 0.25) is 0 Å². The van der Waals surface area contributed by atoms with Gasteiger partial charge in [-0.3, -0.25) is 9.59 Å². The van der Waals surface area contributed by atoms with E-state index >= 15 is 0 Å². The lowest BCUT2D eigenvalue weighted by atomic mass is 9.92. The smallest absolute Gasteiger partial charge is 0.306 e. The van der Waals surface area contributed by atoms with E-state index in [1.165, 1.54) is 0 Å². The Hall–Kier alpha value is -3.09. The number of nitrogens with one attached hydrogen (secondary N) is 1. The first-order valence-electron chi connectivity index (χ1n) is 11.3. The molecule has 34 heavy (non-hydrogen) atoms. The highest BCUT2D eigenvalue weighted by Gasteiger charge is 2.39. The number of amides is 1. The number of hydrogen-bond acceptors (Lipinski definition) is 4. The Morgan fingerprint density at radius 2 is 1.79 bits per heavy atom. The van der Waals surface area contributed by atoms with Gasteiger partial charge >= 0.3 is 5.97 Å². The predicted molar refractivity (Wildman–Crippen MR) is 136 cm³/mol. The van der Waals surface area contributed by atoms with Crippen LogP contribution in [0.2, 0.25) is 5.02 Å². The molecule has 1 heterocycles. The number of hydrogen-bond donors (Lipinski definition) is 2. The summed E-state index contributed by atoms with van der Waals surface area (Å²) >= 11 is 6.42. The highest BCUT2D eigenvalue weighted by atomic mass is 35.5. The second kappa shape index (κ2) is 9.28. The summed E-state index contributed by atoms with van der Waals surface area (Å²) in [4.78, 5) is 27.0. The van der Waals surface area contributed by atoms with Crippen LogP contribution in [0, 0.1) is 5.41 Å². The minimum atomic E-state index is -1.14. The molecule has 0 spiro atoms. The van der Waals surface area contributed by atoms with Crippen LogP contribution in [0.25, 0.3) is 10.8 Å². The number of anilines is 2. The van der Waals surface area contributed by atoms with Crippen molar-refractivity contribution in [2.75, 3.05) is 23.8 Å². The number of nitrogens with zero attached hydrogens (tertiary/aromatic N) is 1. The number of carbonyl (C=O) groups excluding carboxylic acids is 1. The van der Waals surface area contributed by atoms with Gasteiger partial charge in [-0.2, -0.15) is 0 Å². The van der Waals surface area contributed by atoms with E-state index in [0.717, 1.165) is 27.6 Å². The molecule has 0 fully saturated rings. The third-order valence-electron chi connectivity index (χ3n) is 5.91. The van der Waals surface area contributed by atoms with Crippen molar-refractivity contribution in [3.63, 3.8) is 0 Å². The number of ether oxygens (including phenoxy) is 1. The van der Waals surface area contributed by atoms with Gasteiger partial charge in [0, 0.05) is 40.9 Å². The maximum absolute atomic E-state index is 13.6. The van der Waals surface area contributed by atoms with Crippen molar-refractivity contribution in [1.82, 2.24) is 0 Å². The van der Waals surface area contributed by atoms with E-state index in [-0.39, 0.29) is 11.3 Å². The monoisotopic (exact) mass is 480 g/mol. The Balaban J connectivity index is 1.97. The molecule has 3 aromatic rings. The number of halogens is 1. The van der Waals surface area contributed by atoms with Crippen molar-refractivity contribution >= 4 is 45.6 Å². The molecule has 0 radical (unpaired) electrons. The zero-order valence-corrected chi connectivity index (χ0v) is 20.5. The molecule has 3 aromatic carbocycles. The quantitative estimate of drug-likeness (QED) is 0.477. The minimum absolute atomic E-state index is 0.221. The van der Waals surface area contributed by atoms with Crippen LogP contribution in [0.3, 0.4) is 0 Å². The zero-order valence-electron chi connectivity index (χ0n) is 19.8. The summed E-state index contributed by atoms with van der Waals surface area (Å²) < 4.78 is 6.38. The molecular formula is C27H29ClN2O4. The van der Waals surface area contributed by atoms with Gasteiger partial charge < -0.3 is 20.1 Å². The molecule has 0 aliphatic carbocycles. The number of aliphatic carboxylic acids is 1. The number of carbonyl (C=O) groups is 2. The van der Waals surface area contributed by atoms with Gasteiger partial charge in [-0.25, -0.2) is 0 Å². The lowest BCUT2D eigenvalue weighted by Gasteiger charge is -2.31. The maximum Gasteiger partial charge on any atom is 0.306 e. The Morgan fingerprint density at radius 1 is 1.09 bits per heavy atom. The molecule has 0 aromatic heterocycles. The van der Waals surface area contributed by atoms with E-state index < -0.39 is 24.6 Å². The summed E-state index contributed by atoms with van der Waals surface area (Å²) in [5, 5.41) is 15.3. The topological polar surface area (TPSA) is 78.9 Å². The van der Waals surface area contributed by atoms with E-state index in [0.29, 0.717) is 17.3 Å². The maximum atomic E-state index is 13.6. The molecule has 0 saturated carbocycles. The molecular weight excluding hydrogens is 452 g/mol. The van der Waals surface area contributed by atoms with Crippen molar-refractivity contribution in [1.29, 1.82) is 0 Å². The van der Waals surface area contributed by atoms with Gasteiger partial charge in [-0.1, -0.05) is 62.7 Å². The van der Waals surface area contributed by atoms with Gasteiger partial charge in [0.1, 0.15) is 12.2 Å². The van der Waals surface area contributed by atoms with Crippen LogP contribution < -0.4 is 10.2 Å². The van der Waals surface area contributed by atoms with Gasteiger partial charge in [0.05, 0.1) is 6.42 Å².